The molecule has 3 rings (SSSR count). The number of hydrogen-bond acceptors (Lipinski definition) is 4. The third-order valence-electron chi connectivity index (χ3n) is 3.58. The molecule has 0 amide bonds. The van der Waals surface area contributed by atoms with Crippen LogP contribution in [-0.4, -0.2) is 28.0 Å². The molecule has 0 fully saturated rings. The third-order valence-corrected chi connectivity index (χ3v) is 5.04. The van der Waals surface area contributed by atoms with Gasteiger partial charge in [-0.1, -0.05) is 30.3 Å². The van der Waals surface area contributed by atoms with E-state index in [0.29, 0.717) is 18.8 Å². The van der Waals surface area contributed by atoms with E-state index < -0.39 is 10.0 Å². The van der Waals surface area contributed by atoms with Gasteiger partial charge in [0.15, 0.2) is 5.82 Å². The van der Waals surface area contributed by atoms with Gasteiger partial charge in [0.1, 0.15) is 4.90 Å². The van der Waals surface area contributed by atoms with E-state index in [4.69, 9.17) is 0 Å². The van der Waals surface area contributed by atoms with Gasteiger partial charge in [-0.3, -0.25) is 14.1 Å². The number of rotatable bonds is 6. The highest BCUT2D eigenvalue weighted by Gasteiger charge is 2.21. The van der Waals surface area contributed by atoms with Gasteiger partial charge in [-0.2, -0.15) is 10.2 Å². The number of hydrogen-bond donors (Lipinski definition) is 1. The van der Waals surface area contributed by atoms with Crippen LogP contribution in [0.15, 0.2) is 53.7 Å². The predicted molar refractivity (Wildman–Crippen MR) is 91.2 cm³/mol. The van der Waals surface area contributed by atoms with Crippen molar-refractivity contribution in [2.24, 2.45) is 0 Å². The van der Waals surface area contributed by atoms with Gasteiger partial charge in [0, 0.05) is 25.0 Å². The van der Waals surface area contributed by atoms with Crippen molar-refractivity contribution in [3.05, 3.63) is 60.0 Å². The molecule has 3 aromatic rings. The Morgan fingerprint density at radius 3 is 2.50 bits per heavy atom. The van der Waals surface area contributed by atoms with Gasteiger partial charge in [0.25, 0.3) is 10.0 Å². The average Bonchev–Trinajstić information content (AvgIpc) is 3.14. The zero-order valence-electron chi connectivity index (χ0n) is 13.5. The van der Waals surface area contributed by atoms with Crippen molar-refractivity contribution in [2.45, 2.75) is 31.8 Å². The van der Waals surface area contributed by atoms with Crippen LogP contribution in [0.4, 0.5) is 5.82 Å². The molecular weight excluding hydrogens is 326 g/mol. The van der Waals surface area contributed by atoms with Gasteiger partial charge >= 0.3 is 0 Å². The molecule has 1 N–H and O–H groups in total. The van der Waals surface area contributed by atoms with Crippen LogP contribution in [-0.2, 0) is 23.1 Å². The number of aromatic nitrogens is 4. The molecule has 2 aromatic heterocycles. The maximum absolute atomic E-state index is 12.5. The number of sulfonamides is 1. The first-order chi connectivity index (χ1) is 11.5. The van der Waals surface area contributed by atoms with Crippen LogP contribution in [0.2, 0.25) is 0 Å². The van der Waals surface area contributed by atoms with Crippen molar-refractivity contribution < 1.29 is 8.42 Å². The number of benzene rings is 1. The van der Waals surface area contributed by atoms with E-state index in [2.05, 4.69) is 14.9 Å². The van der Waals surface area contributed by atoms with Crippen LogP contribution in [0.3, 0.4) is 0 Å². The maximum Gasteiger partial charge on any atom is 0.266 e. The first-order valence-electron chi connectivity index (χ1n) is 7.62. The monoisotopic (exact) mass is 345 g/mol. The van der Waals surface area contributed by atoms with Gasteiger partial charge in [0.05, 0.1) is 12.2 Å². The molecule has 0 radical (unpaired) electrons. The summed E-state index contributed by atoms with van der Waals surface area (Å²) in [5.41, 5.74) is 1.56. The summed E-state index contributed by atoms with van der Waals surface area (Å²) in [6.45, 7) is 4.77. The van der Waals surface area contributed by atoms with E-state index in [-0.39, 0.29) is 10.7 Å². The summed E-state index contributed by atoms with van der Waals surface area (Å²) in [7, 11) is -3.70. The van der Waals surface area contributed by atoms with Gasteiger partial charge in [-0.05, 0) is 19.4 Å². The largest absolute Gasteiger partial charge is 0.271 e. The molecule has 0 aliphatic rings. The highest BCUT2D eigenvalue weighted by atomic mass is 32.2. The van der Waals surface area contributed by atoms with Crippen molar-refractivity contribution in [3.63, 3.8) is 0 Å². The molecular formula is C16H19N5O2S. The topological polar surface area (TPSA) is 81.8 Å². The molecule has 0 spiro atoms. The Morgan fingerprint density at radius 2 is 1.83 bits per heavy atom. The molecule has 0 aliphatic heterocycles. The Balaban J connectivity index is 1.77. The lowest BCUT2D eigenvalue weighted by Crippen LogP contribution is -2.14. The van der Waals surface area contributed by atoms with Crippen LogP contribution < -0.4 is 4.72 Å². The highest BCUT2D eigenvalue weighted by Crippen LogP contribution is 2.17. The molecule has 8 heteroatoms. The molecule has 0 saturated carbocycles. The quantitative estimate of drug-likeness (QED) is 0.743. The third kappa shape index (κ3) is 3.48. The van der Waals surface area contributed by atoms with Crippen molar-refractivity contribution in [1.29, 1.82) is 0 Å². The van der Waals surface area contributed by atoms with Crippen LogP contribution in [0.25, 0.3) is 0 Å². The second-order valence-electron chi connectivity index (χ2n) is 5.42. The average molecular weight is 345 g/mol. The van der Waals surface area contributed by atoms with Gasteiger partial charge in [-0.15, -0.1) is 0 Å². The van der Waals surface area contributed by atoms with E-state index in [1.807, 2.05) is 37.3 Å². The number of aryl methyl sites for hydroxylation is 2. The fraction of sp³-hybridized carbons (Fsp3) is 0.250. The number of nitrogens with one attached hydrogen (secondary N) is 1. The highest BCUT2D eigenvalue weighted by molar-refractivity contribution is 7.92. The van der Waals surface area contributed by atoms with E-state index in [0.717, 1.165) is 5.56 Å². The lowest BCUT2D eigenvalue weighted by atomic mass is 10.2. The minimum absolute atomic E-state index is 0.168. The number of anilines is 1. The van der Waals surface area contributed by atoms with E-state index in [1.165, 1.54) is 6.20 Å². The number of nitrogens with zero attached hydrogens (tertiary/aromatic N) is 4. The zero-order valence-corrected chi connectivity index (χ0v) is 14.4. The van der Waals surface area contributed by atoms with Crippen LogP contribution in [0.1, 0.15) is 18.2 Å². The van der Waals surface area contributed by atoms with Crippen LogP contribution in [0.5, 0.6) is 0 Å². The first kappa shape index (κ1) is 16.3. The summed E-state index contributed by atoms with van der Waals surface area (Å²) in [4.78, 5) is 0.168. The molecule has 126 valence electrons. The molecule has 1 aromatic carbocycles. The molecule has 0 atom stereocenters. The molecule has 0 unspecified atom stereocenters. The predicted octanol–water partition coefficient (Wildman–Crippen LogP) is 2.26. The van der Waals surface area contributed by atoms with Gasteiger partial charge < -0.3 is 0 Å². The molecule has 2 heterocycles. The normalized spacial score (nSPS) is 11.6. The smallest absolute Gasteiger partial charge is 0.266 e. The van der Waals surface area contributed by atoms with Gasteiger partial charge in [0.2, 0.25) is 0 Å². The van der Waals surface area contributed by atoms with E-state index in [9.17, 15) is 8.42 Å². The molecule has 0 bridgehead atoms. The van der Waals surface area contributed by atoms with Crippen molar-refractivity contribution in [2.75, 3.05) is 4.72 Å². The molecule has 0 saturated heterocycles. The lowest BCUT2D eigenvalue weighted by molar-refractivity contribution is 0.599. The standard InChI is InChI=1S/C16H19N5O2S/c1-3-20-12-15(13(2)17-20)24(22,23)19-16-9-10-21(18-16)11-14-7-5-4-6-8-14/h4-10,12H,3,11H2,1-2H3,(H,18,19). The second-order valence-corrected chi connectivity index (χ2v) is 7.07. The Kier molecular flexibility index (Phi) is 4.39. The lowest BCUT2D eigenvalue weighted by Gasteiger charge is -2.04. The molecule has 24 heavy (non-hydrogen) atoms. The second kappa shape index (κ2) is 6.48. The van der Waals surface area contributed by atoms with Crippen molar-refractivity contribution in [1.82, 2.24) is 19.6 Å². The van der Waals surface area contributed by atoms with E-state index >= 15 is 0 Å². The maximum atomic E-state index is 12.5. The van der Waals surface area contributed by atoms with Crippen molar-refractivity contribution in [3.8, 4) is 0 Å². The van der Waals surface area contributed by atoms with Gasteiger partial charge in [-0.25, -0.2) is 8.42 Å². The summed E-state index contributed by atoms with van der Waals surface area (Å²) >= 11 is 0. The Bertz CT molecular complexity index is 929. The fourth-order valence-corrected chi connectivity index (χ4v) is 3.58. The van der Waals surface area contributed by atoms with Crippen molar-refractivity contribution >= 4 is 15.8 Å². The Labute approximate surface area is 141 Å². The summed E-state index contributed by atoms with van der Waals surface area (Å²) < 4.78 is 30.8. The summed E-state index contributed by atoms with van der Waals surface area (Å²) in [5.74, 6) is 0.287. The van der Waals surface area contributed by atoms with Crippen LogP contribution >= 0.6 is 0 Å². The summed E-state index contributed by atoms with van der Waals surface area (Å²) in [6, 6.07) is 11.5. The zero-order chi connectivity index (χ0) is 17.2. The summed E-state index contributed by atoms with van der Waals surface area (Å²) in [5, 5.41) is 8.44. The first-order valence-corrected chi connectivity index (χ1v) is 9.10. The SMILES string of the molecule is CCn1cc(S(=O)(=O)Nc2ccn(Cc3ccccc3)n2)c(C)n1. The molecule has 0 aliphatic carbocycles. The summed E-state index contributed by atoms with van der Waals surface area (Å²) in [6.07, 6.45) is 3.27. The fourth-order valence-electron chi connectivity index (χ4n) is 2.39. The Morgan fingerprint density at radius 1 is 1.08 bits per heavy atom. The van der Waals surface area contributed by atoms with E-state index in [1.54, 1.807) is 28.6 Å². The minimum atomic E-state index is -3.70. The Hall–Kier alpha value is -2.61. The minimum Gasteiger partial charge on any atom is -0.271 e. The van der Waals surface area contributed by atoms with Crippen LogP contribution in [0, 0.1) is 6.92 Å². The molecule has 7 nitrogen and oxygen atoms in total.